The molecule has 1 heterocycles. The molecule has 114 valence electrons. The highest BCUT2D eigenvalue weighted by Gasteiger charge is 2.00. The first-order chi connectivity index (χ1) is 11.1. The van der Waals surface area contributed by atoms with E-state index in [0.29, 0.717) is 17.1 Å². The van der Waals surface area contributed by atoms with Crippen LogP contribution in [0.2, 0.25) is 0 Å². The average molecular weight is 306 g/mol. The van der Waals surface area contributed by atoms with Crippen LogP contribution >= 0.6 is 0 Å². The first-order valence-corrected chi connectivity index (χ1v) is 6.80. The number of hydrogen-bond donors (Lipinski definition) is 2. The lowest BCUT2D eigenvalue weighted by atomic mass is 10.2. The van der Waals surface area contributed by atoms with Crippen LogP contribution in [0.5, 0.6) is 0 Å². The Hall–Kier alpha value is -3.46. The molecule has 1 aromatic carbocycles. The number of amides is 2. The lowest BCUT2D eigenvalue weighted by Gasteiger charge is -2.02. The Labute approximate surface area is 133 Å². The molecule has 0 unspecified atom stereocenters. The zero-order valence-electron chi connectivity index (χ0n) is 12.4. The van der Waals surface area contributed by atoms with Gasteiger partial charge in [0, 0.05) is 24.9 Å². The molecule has 0 saturated heterocycles. The number of rotatable bonds is 4. The van der Waals surface area contributed by atoms with Gasteiger partial charge in [-0.3, -0.25) is 9.59 Å². The number of aromatic nitrogens is 1. The molecule has 2 aromatic rings. The van der Waals surface area contributed by atoms with Gasteiger partial charge in [-0.25, -0.2) is 4.98 Å². The van der Waals surface area contributed by atoms with Crippen molar-refractivity contribution in [2.75, 3.05) is 10.6 Å². The number of carbonyl (C=O) groups excluding carboxylic acids is 2. The van der Waals surface area contributed by atoms with Crippen LogP contribution < -0.4 is 10.6 Å². The minimum atomic E-state index is -0.326. The van der Waals surface area contributed by atoms with Crippen molar-refractivity contribution in [3.05, 3.63) is 59.8 Å². The third-order valence-electron chi connectivity index (χ3n) is 2.80. The highest BCUT2D eigenvalue weighted by molar-refractivity contribution is 6.01. The van der Waals surface area contributed by atoms with E-state index in [1.54, 1.807) is 42.5 Å². The molecule has 6 heteroatoms. The Morgan fingerprint density at radius 1 is 1.13 bits per heavy atom. The molecule has 2 rings (SSSR count). The number of carbonyl (C=O) groups is 2. The van der Waals surface area contributed by atoms with Crippen LogP contribution in [0.4, 0.5) is 11.5 Å². The molecule has 0 aliphatic rings. The Morgan fingerprint density at radius 3 is 2.43 bits per heavy atom. The van der Waals surface area contributed by atoms with Gasteiger partial charge in [-0.1, -0.05) is 12.1 Å². The van der Waals surface area contributed by atoms with Crippen LogP contribution in [0.1, 0.15) is 18.1 Å². The third-order valence-corrected chi connectivity index (χ3v) is 2.80. The SMILES string of the molecule is CC(=O)Nc1ccc(/C=C\C(=O)Nc2ccc(C#N)cn2)cc1. The van der Waals surface area contributed by atoms with E-state index in [9.17, 15) is 9.59 Å². The van der Waals surface area contributed by atoms with Crippen molar-refractivity contribution in [2.24, 2.45) is 0 Å². The molecule has 0 aliphatic heterocycles. The van der Waals surface area contributed by atoms with Crippen molar-refractivity contribution in [3.63, 3.8) is 0 Å². The van der Waals surface area contributed by atoms with Crippen LogP contribution in [0.3, 0.4) is 0 Å². The van der Waals surface area contributed by atoms with Gasteiger partial charge in [-0.2, -0.15) is 5.26 Å². The molecule has 23 heavy (non-hydrogen) atoms. The van der Waals surface area contributed by atoms with Crippen molar-refractivity contribution in [1.82, 2.24) is 4.98 Å². The molecule has 0 atom stereocenters. The normalized spacial score (nSPS) is 10.1. The largest absolute Gasteiger partial charge is 0.326 e. The predicted octanol–water partition coefficient (Wildman–Crippen LogP) is 2.56. The van der Waals surface area contributed by atoms with Crippen molar-refractivity contribution in [3.8, 4) is 6.07 Å². The monoisotopic (exact) mass is 306 g/mol. The first-order valence-electron chi connectivity index (χ1n) is 6.80. The number of benzene rings is 1. The van der Waals surface area contributed by atoms with Crippen molar-refractivity contribution in [2.45, 2.75) is 6.92 Å². The summed E-state index contributed by atoms with van der Waals surface area (Å²) in [6, 6.07) is 12.2. The number of hydrogen-bond acceptors (Lipinski definition) is 4. The smallest absolute Gasteiger partial charge is 0.249 e. The highest BCUT2D eigenvalue weighted by atomic mass is 16.2. The summed E-state index contributed by atoms with van der Waals surface area (Å²) in [5.41, 5.74) is 1.95. The minimum absolute atomic E-state index is 0.136. The maximum absolute atomic E-state index is 11.8. The number of anilines is 2. The zero-order valence-corrected chi connectivity index (χ0v) is 12.4. The van der Waals surface area contributed by atoms with Crippen molar-refractivity contribution >= 4 is 29.4 Å². The molecule has 0 spiro atoms. The van der Waals surface area contributed by atoms with E-state index in [2.05, 4.69) is 15.6 Å². The van der Waals surface area contributed by atoms with E-state index in [1.165, 1.54) is 19.2 Å². The van der Waals surface area contributed by atoms with Gasteiger partial charge in [0.25, 0.3) is 0 Å². The summed E-state index contributed by atoms with van der Waals surface area (Å²) in [6.45, 7) is 1.44. The number of nitrogens with zero attached hydrogens (tertiary/aromatic N) is 2. The van der Waals surface area contributed by atoms with Gasteiger partial charge in [0.05, 0.1) is 5.56 Å². The van der Waals surface area contributed by atoms with Crippen molar-refractivity contribution in [1.29, 1.82) is 5.26 Å². The van der Waals surface area contributed by atoms with Gasteiger partial charge < -0.3 is 10.6 Å². The fraction of sp³-hybridized carbons (Fsp3) is 0.0588. The van der Waals surface area contributed by atoms with Crippen LogP contribution in [-0.2, 0) is 9.59 Å². The molecule has 0 saturated carbocycles. The summed E-state index contributed by atoms with van der Waals surface area (Å²) in [5, 5.41) is 13.9. The summed E-state index contributed by atoms with van der Waals surface area (Å²) < 4.78 is 0. The summed E-state index contributed by atoms with van der Waals surface area (Å²) in [4.78, 5) is 26.7. The van der Waals surface area contributed by atoms with Gasteiger partial charge in [-0.15, -0.1) is 0 Å². The van der Waals surface area contributed by atoms with Crippen LogP contribution in [0, 0.1) is 11.3 Å². The minimum Gasteiger partial charge on any atom is -0.326 e. The summed E-state index contributed by atoms with van der Waals surface area (Å²) in [6.07, 6.45) is 4.42. The topological polar surface area (TPSA) is 94.9 Å². The molecule has 0 bridgehead atoms. The fourth-order valence-electron chi connectivity index (χ4n) is 1.75. The standard InChI is InChI=1S/C17H14N4O2/c1-12(22)20-15-6-2-13(3-7-15)5-9-17(23)21-16-8-4-14(10-18)11-19-16/h2-9,11H,1H3,(H,20,22)(H,19,21,23)/b9-5-. The summed E-state index contributed by atoms with van der Waals surface area (Å²) in [5.74, 6) is -0.0876. The molecule has 0 aliphatic carbocycles. The predicted molar refractivity (Wildman–Crippen MR) is 87.4 cm³/mol. The molecule has 1 aromatic heterocycles. The van der Waals surface area contributed by atoms with E-state index in [0.717, 1.165) is 5.56 Å². The first kappa shape index (κ1) is 15.9. The molecule has 6 nitrogen and oxygen atoms in total. The van der Waals surface area contributed by atoms with E-state index in [4.69, 9.17) is 5.26 Å². The van der Waals surface area contributed by atoms with E-state index in [1.807, 2.05) is 6.07 Å². The van der Waals surface area contributed by atoms with Gasteiger partial charge in [0.1, 0.15) is 11.9 Å². The van der Waals surface area contributed by atoms with Gasteiger partial charge in [0.2, 0.25) is 11.8 Å². The maximum Gasteiger partial charge on any atom is 0.249 e. The lowest BCUT2D eigenvalue weighted by Crippen LogP contribution is -2.09. The van der Waals surface area contributed by atoms with Crippen LogP contribution in [0.15, 0.2) is 48.7 Å². The summed E-state index contributed by atoms with van der Waals surface area (Å²) >= 11 is 0. The van der Waals surface area contributed by atoms with Crippen LogP contribution in [0.25, 0.3) is 6.08 Å². The number of nitriles is 1. The lowest BCUT2D eigenvalue weighted by molar-refractivity contribution is -0.114. The molecule has 0 radical (unpaired) electrons. The van der Waals surface area contributed by atoms with E-state index in [-0.39, 0.29) is 11.8 Å². The maximum atomic E-state index is 11.8. The Bertz CT molecular complexity index is 772. The van der Waals surface area contributed by atoms with E-state index < -0.39 is 0 Å². The second-order valence-electron chi connectivity index (χ2n) is 4.67. The Balaban J connectivity index is 1.94. The van der Waals surface area contributed by atoms with Crippen molar-refractivity contribution < 1.29 is 9.59 Å². The fourth-order valence-corrected chi connectivity index (χ4v) is 1.75. The Kier molecular flexibility index (Phi) is 5.21. The average Bonchev–Trinajstić information content (AvgIpc) is 2.54. The van der Waals surface area contributed by atoms with Gasteiger partial charge >= 0.3 is 0 Å². The van der Waals surface area contributed by atoms with Gasteiger partial charge in [-0.05, 0) is 35.9 Å². The zero-order chi connectivity index (χ0) is 16.7. The molecular weight excluding hydrogens is 292 g/mol. The van der Waals surface area contributed by atoms with Crippen LogP contribution in [-0.4, -0.2) is 16.8 Å². The molecular formula is C17H14N4O2. The number of pyridine rings is 1. The quantitative estimate of drug-likeness (QED) is 0.849. The second-order valence-corrected chi connectivity index (χ2v) is 4.67. The summed E-state index contributed by atoms with van der Waals surface area (Å²) in [7, 11) is 0. The molecule has 0 fully saturated rings. The highest BCUT2D eigenvalue weighted by Crippen LogP contribution is 2.11. The van der Waals surface area contributed by atoms with Gasteiger partial charge in [0.15, 0.2) is 0 Å². The second kappa shape index (κ2) is 7.52. The third kappa shape index (κ3) is 5.10. The number of nitrogens with one attached hydrogen (secondary N) is 2. The molecule has 2 N–H and O–H groups in total. The molecule has 2 amide bonds. The Morgan fingerprint density at radius 2 is 1.87 bits per heavy atom. The van der Waals surface area contributed by atoms with E-state index >= 15 is 0 Å².